The zero-order chi connectivity index (χ0) is 18.7. The lowest BCUT2D eigenvalue weighted by Crippen LogP contribution is -2.35. The van der Waals surface area contributed by atoms with Crippen LogP contribution in [0.15, 0.2) is 36.7 Å². The first-order valence-corrected chi connectivity index (χ1v) is 8.38. The van der Waals surface area contributed by atoms with E-state index in [4.69, 9.17) is 0 Å². The molecule has 2 heterocycles. The molecule has 1 aliphatic rings. The van der Waals surface area contributed by atoms with Gasteiger partial charge in [-0.15, -0.1) is 0 Å². The molecule has 1 aliphatic heterocycles. The van der Waals surface area contributed by atoms with Gasteiger partial charge in [0, 0.05) is 18.8 Å². The molecule has 1 amide bonds. The van der Waals surface area contributed by atoms with Crippen molar-refractivity contribution >= 4 is 17.4 Å². The number of carbonyl (C=O) groups is 1. The lowest BCUT2D eigenvalue weighted by molar-refractivity contribution is -0.137. The van der Waals surface area contributed by atoms with Crippen molar-refractivity contribution in [3.05, 3.63) is 47.9 Å². The van der Waals surface area contributed by atoms with E-state index >= 15 is 0 Å². The number of aromatic nitrogens is 2. The van der Waals surface area contributed by atoms with Gasteiger partial charge in [-0.25, -0.2) is 9.97 Å². The van der Waals surface area contributed by atoms with Crippen molar-refractivity contribution in [1.82, 2.24) is 9.97 Å². The SMILES string of the molecule is CC1CCCN(c2cnc(C(=O)Nc3cccc(C(F)(F)F)c3)cn2)C1. The Morgan fingerprint density at radius 3 is 2.73 bits per heavy atom. The number of amides is 1. The number of benzene rings is 1. The second kappa shape index (κ2) is 7.31. The molecule has 5 nitrogen and oxygen atoms in total. The second-order valence-electron chi connectivity index (χ2n) is 6.49. The van der Waals surface area contributed by atoms with Crippen molar-refractivity contribution in [2.24, 2.45) is 5.92 Å². The summed E-state index contributed by atoms with van der Waals surface area (Å²) in [5.41, 5.74) is -0.715. The summed E-state index contributed by atoms with van der Waals surface area (Å²) in [6.07, 6.45) is 0.673. The molecule has 0 bridgehead atoms. The van der Waals surface area contributed by atoms with E-state index in [1.165, 1.54) is 30.9 Å². The second-order valence-corrected chi connectivity index (χ2v) is 6.49. The Morgan fingerprint density at radius 2 is 2.08 bits per heavy atom. The van der Waals surface area contributed by atoms with Crippen LogP contribution >= 0.6 is 0 Å². The molecule has 138 valence electrons. The van der Waals surface area contributed by atoms with Gasteiger partial charge in [-0.3, -0.25) is 4.79 Å². The molecule has 3 rings (SSSR count). The molecule has 0 saturated carbocycles. The predicted molar refractivity (Wildman–Crippen MR) is 92.0 cm³/mol. The normalized spacial score (nSPS) is 17.8. The number of halogens is 3. The van der Waals surface area contributed by atoms with Gasteiger partial charge in [-0.05, 0) is 37.0 Å². The third kappa shape index (κ3) is 4.30. The van der Waals surface area contributed by atoms with Crippen LogP contribution in [0.1, 0.15) is 35.8 Å². The average Bonchev–Trinajstić information content (AvgIpc) is 2.61. The van der Waals surface area contributed by atoms with Crippen molar-refractivity contribution in [3.8, 4) is 0 Å². The molecule has 0 radical (unpaired) electrons. The van der Waals surface area contributed by atoms with E-state index in [0.29, 0.717) is 11.7 Å². The highest BCUT2D eigenvalue weighted by atomic mass is 19.4. The first-order valence-electron chi connectivity index (χ1n) is 8.38. The smallest absolute Gasteiger partial charge is 0.355 e. The molecule has 8 heteroatoms. The lowest BCUT2D eigenvalue weighted by Gasteiger charge is -2.31. The molecule has 1 atom stereocenters. The Hall–Kier alpha value is -2.64. The van der Waals surface area contributed by atoms with E-state index in [1.54, 1.807) is 0 Å². The van der Waals surface area contributed by atoms with Crippen LogP contribution in [0.2, 0.25) is 0 Å². The summed E-state index contributed by atoms with van der Waals surface area (Å²) in [4.78, 5) is 22.7. The maximum atomic E-state index is 12.7. The van der Waals surface area contributed by atoms with Crippen LogP contribution < -0.4 is 10.2 Å². The van der Waals surface area contributed by atoms with Gasteiger partial charge in [-0.2, -0.15) is 13.2 Å². The van der Waals surface area contributed by atoms with Crippen LogP contribution in [0, 0.1) is 5.92 Å². The third-order valence-corrected chi connectivity index (χ3v) is 4.30. The van der Waals surface area contributed by atoms with E-state index < -0.39 is 17.6 Å². The molecule has 2 aromatic rings. The van der Waals surface area contributed by atoms with Crippen molar-refractivity contribution in [1.29, 1.82) is 0 Å². The van der Waals surface area contributed by atoms with Gasteiger partial charge in [0.25, 0.3) is 5.91 Å². The standard InChI is InChI=1S/C18H19F3N4O/c1-12-4-3-7-25(11-12)16-10-22-15(9-23-16)17(26)24-14-6-2-5-13(8-14)18(19,20)21/h2,5-6,8-10,12H,3-4,7,11H2,1H3,(H,24,26). The van der Waals surface area contributed by atoms with Crippen LogP contribution in [0.25, 0.3) is 0 Å². The largest absolute Gasteiger partial charge is 0.416 e. The number of alkyl halides is 3. The van der Waals surface area contributed by atoms with Crippen LogP contribution in [-0.4, -0.2) is 29.0 Å². The van der Waals surface area contributed by atoms with E-state index in [9.17, 15) is 18.0 Å². The van der Waals surface area contributed by atoms with Crippen molar-refractivity contribution in [3.63, 3.8) is 0 Å². The molecular formula is C18H19F3N4O. The van der Waals surface area contributed by atoms with Crippen LogP contribution in [0.4, 0.5) is 24.7 Å². The maximum Gasteiger partial charge on any atom is 0.416 e. The fourth-order valence-corrected chi connectivity index (χ4v) is 2.97. The van der Waals surface area contributed by atoms with Gasteiger partial charge in [0.1, 0.15) is 11.5 Å². The zero-order valence-corrected chi connectivity index (χ0v) is 14.3. The number of hydrogen-bond donors (Lipinski definition) is 1. The first kappa shape index (κ1) is 18.2. The van der Waals surface area contributed by atoms with E-state index in [0.717, 1.165) is 31.6 Å². The van der Waals surface area contributed by atoms with Crippen LogP contribution in [0.5, 0.6) is 0 Å². The number of rotatable bonds is 3. The Kier molecular flexibility index (Phi) is 5.11. The molecule has 0 aliphatic carbocycles. The third-order valence-electron chi connectivity index (χ3n) is 4.30. The highest BCUT2D eigenvalue weighted by Gasteiger charge is 2.30. The van der Waals surface area contributed by atoms with Gasteiger partial charge < -0.3 is 10.2 Å². The minimum Gasteiger partial charge on any atom is -0.355 e. The Labute approximate surface area is 149 Å². The topological polar surface area (TPSA) is 58.1 Å². The van der Waals surface area contributed by atoms with Crippen molar-refractivity contribution < 1.29 is 18.0 Å². The van der Waals surface area contributed by atoms with Crippen molar-refractivity contribution in [2.75, 3.05) is 23.3 Å². The fourth-order valence-electron chi connectivity index (χ4n) is 2.97. The van der Waals surface area contributed by atoms with Gasteiger partial charge in [0.15, 0.2) is 0 Å². The number of nitrogens with zero attached hydrogens (tertiary/aromatic N) is 3. The molecule has 1 fully saturated rings. The van der Waals surface area contributed by atoms with Gasteiger partial charge in [0.2, 0.25) is 0 Å². The van der Waals surface area contributed by atoms with Crippen LogP contribution in [0.3, 0.4) is 0 Å². The minimum absolute atomic E-state index is 0.0521. The number of carbonyl (C=O) groups excluding carboxylic acids is 1. The number of nitrogens with one attached hydrogen (secondary N) is 1. The number of piperidine rings is 1. The van der Waals surface area contributed by atoms with Crippen LogP contribution in [-0.2, 0) is 6.18 Å². The average molecular weight is 364 g/mol. The predicted octanol–water partition coefficient (Wildman–Crippen LogP) is 3.98. The summed E-state index contributed by atoms with van der Waals surface area (Å²) < 4.78 is 38.2. The molecule has 1 aromatic carbocycles. The molecule has 1 unspecified atom stereocenters. The van der Waals surface area contributed by atoms with E-state index in [-0.39, 0.29) is 11.4 Å². The zero-order valence-electron chi connectivity index (χ0n) is 14.3. The van der Waals surface area contributed by atoms with Crippen molar-refractivity contribution in [2.45, 2.75) is 25.9 Å². The highest BCUT2D eigenvalue weighted by molar-refractivity contribution is 6.02. The molecule has 0 spiro atoms. The highest BCUT2D eigenvalue weighted by Crippen LogP contribution is 2.30. The van der Waals surface area contributed by atoms with Gasteiger partial charge in [0.05, 0.1) is 18.0 Å². The number of anilines is 2. The quantitative estimate of drug-likeness (QED) is 0.895. The Balaban J connectivity index is 1.69. The summed E-state index contributed by atoms with van der Waals surface area (Å²) in [6, 6.07) is 4.47. The molecular weight excluding hydrogens is 345 g/mol. The molecule has 1 aromatic heterocycles. The summed E-state index contributed by atoms with van der Waals surface area (Å²) in [7, 11) is 0. The molecule has 26 heavy (non-hydrogen) atoms. The summed E-state index contributed by atoms with van der Waals surface area (Å²) in [5.74, 6) is 0.678. The lowest BCUT2D eigenvalue weighted by atomic mass is 10.0. The summed E-state index contributed by atoms with van der Waals surface area (Å²) in [5, 5.41) is 2.42. The molecule has 1 N–H and O–H groups in total. The maximum absolute atomic E-state index is 12.7. The van der Waals surface area contributed by atoms with Gasteiger partial charge in [-0.1, -0.05) is 13.0 Å². The monoisotopic (exact) mass is 364 g/mol. The minimum atomic E-state index is -4.46. The van der Waals surface area contributed by atoms with E-state index in [1.807, 2.05) is 0 Å². The number of hydrogen-bond acceptors (Lipinski definition) is 4. The fraction of sp³-hybridized carbons (Fsp3) is 0.389. The first-order chi connectivity index (χ1) is 12.3. The summed E-state index contributed by atoms with van der Waals surface area (Å²) in [6.45, 7) is 3.97. The Morgan fingerprint density at radius 1 is 1.27 bits per heavy atom. The van der Waals surface area contributed by atoms with E-state index in [2.05, 4.69) is 27.1 Å². The molecule has 1 saturated heterocycles. The Bertz CT molecular complexity index is 777. The van der Waals surface area contributed by atoms with Gasteiger partial charge >= 0.3 is 6.18 Å². The summed E-state index contributed by atoms with van der Waals surface area (Å²) >= 11 is 0.